The standard InChI is InChI=1S/C22H20N2O4S/c1-15-6-9-17(10-7-15)28-21-5-3-2-4-20(21)24-29(26,27)18-11-12-19-16(14-18)8-13-22(25)23-19/h2-7,9-12,14,24H,8,13H2,1H3,(H,23,25). The zero-order valence-electron chi connectivity index (χ0n) is 15.8. The summed E-state index contributed by atoms with van der Waals surface area (Å²) < 4.78 is 34.4. The molecule has 0 atom stereocenters. The van der Waals surface area contributed by atoms with Gasteiger partial charge < -0.3 is 10.1 Å². The summed E-state index contributed by atoms with van der Waals surface area (Å²) in [5.74, 6) is 0.963. The summed E-state index contributed by atoms with van der Waals surface area (Å²) in [6, 6.07) is 19.1. The third-order valence-electron chi connectivity index (χ3n) is 4.66. The molecule has 6 nitrogen and oxygen atoms in total. The number of anilines is 2. The van der Waals surface area contributed by atoms with Crippen molar-refractivity contribution < 1.29 is 17.9 Å². The van der Waals surface area contributed by atoms with E-state index in [1.807, 2.05) is 31.2 Å². The molecule has 3 aromatic rings. The van der Waals surface area contributed by atoms with E-state index in [4.69, 9.17) is 4.74 Å². The highest BCUT2D eigenvalue weighted by Crippen LogP contribution is 2.32. The van der Waals surface area contributed by atoms with E-state index in [2.05, 4.69) is 10.0 Å². The normalized spacial score (nSPS) is 13.3. The number of para-hydroxylation sites is 2. The Balaban J connectivity index is 1.60. The van der Waals surface area contributed by atoms with Gasteiger partial charge in [-0.25, -0.2) is 8.42 Å². The van der Waals surface area contributed by atoms with E-state index in [-0.39, 0.29) is 10.8 Å². The first-order chi connectivity index (χ1) is 13.9. The topological polar surface area (TPSA) is 84.5 Å². The van der Waals surface area contributed by atoms with E-state index in [1.54, 1.807) is 36.4 Å². The summed E-state index contributed by atoms with van der Waals surface area (Å²) in [6.45, 7) is 1.98. The molecule has 1 aliphatic heterocycles. The lowest BCUT2D eigenvalue weighted by Crippen LogP contribution is -2.20. The largest absolute Gasteiger partial charge is 0.455 e. The second-order valence-corrected chi connectivity index (χ2v) is 8.57. The van der Waals surface area contributed by atoms with Gasteiger partial charge in [0.1, 0.15) is 5.75 Å². The molecule has 0 aliphatic carbocycles. The number of nitrogens with one attached hydrogen (secondary N) is 2. The summed E-state index contributed by atoms with van der Waals surface area (Å²) in [6.07, 6.45) is 0.856. The minimum absolute atomic E-state index is 0.0617. The predicted octanol–water partition coefficient (Wildman–Crippen LogP) is 4.47. The van der Waals surface area contributed by atoms with Crippen molar-refractivity contribution in [2.45, 2.75) is 24.7 Å². The van der Waals surface area contributed by atoms with Crippen LogP contribution >= 0.6 is 0 Å². The SMILES string of the molecule is Cc1ccc(Oc2ccccc2NS(=O)(=O)c2ccc3c(c2)CCC(=O)N3)cc1. The van der Waals surface area contributed by atoms with Gasteiger partial charge in [-0.2, -0.15) is 0 Å². The van der Waals surface area contributed by atoms with Gasteiger partial charge in [-0.3, -0.25) is 9.52 Å². The number of hydrogen-bond acceptors (Lipinski definition) is 4. The fourth-order valence-electron chi connectivity index (χ4n) is 3.10. The maximum atomic E-state index is 12.9. The zero-order valence-corrected chi connectivity index (χ0v) is 16.6. The van der Waals surface area contributed by atoms with E-state index < -0.39 is 10.0 Å². The van der Waals surface area contributed by atoms with Gasteiger partial charge in [0.15, 0.2) is 5.75 Å². The van der Waals surface area contributed by atoms with Crippen LogP contribution < -0.4 is 14.8 Å². The average Bonchev–Trinajstić information content (AvgIpc) is 2.70. The van der Waals surface area contributed by atoms with Crippen LogP contribution in [-0.4, -0.2) is 14.3 Å². The van der Waals surface area contributed by atoms with Crippen LogP contribution in [0.25, 0.3) is 0 Å². The first-order valence-corrected chi connectivity index (χ1v) is 10.7. The molecule has 29 heavy (non-hydrogen) atoms. The summed E-state index contributed by atoms with van der Waals surface area (Å²) in [5, 5.41) is 2.75. The van der Waals surface area contributed by atoms with Gasteiger partial charge >= 0.3 is 0 Å². The Bertz CT molecular complexity index is 1170. The number of benzene rings is 3. The van der Waals surface area contributed by atoms with Crippen molar-refractivity contribution in [2.24, 2.45) is 0 Å². The van der Waals surface area contributed by atoms with Crippen molar-refractivity contribution >= 4 is 27.3 Å². The second-order valence-electron chi connectivity index (χ2n) is 6.88. The smallest absolute Gasteiger partial charge is 0.262 e. The molecule has 0 bridgehead atoms. The Hall–Kier alpha value is -3.32. The van der Waals surface area contributed by atoms with Crippen molar-refractivity contribution in [1.29, 1.82) is 0 Å². The van der Waals surface area contributed by atoms with E-state index in [9.17, 15) is 13.2 Å². The Morgan fingerprint density at radius 1 is 0.966 bits per heavy atom. The quantitative estimate of drug-likeness (QED) is 0.652. The van der Waals surface area contributed by atoms with Gasteiger partial charge in [-0.1, -0.05) is 29.8 Å². The highest BCUT2D eigenvalue weighted by Gasteiger charge is 2.21. The molecule has 1 amide bonds. The average molecular weight is 408 g/mol. The molecule has 148 valence electrons. The fraction of sp³-hybridized carbons (Fsp3) is 0.136. The summed E-state index contributed by atoms with van der Waals surface area (Å²) >= 11 is 0. The molecule has 0 aromatic heterocycles. The molecule has 0 saturated heterocycles. The van der Waals surface area contributed by atoms with Crippen LogP contribution in [0.4, 0.5) is 11.4 Å². The molecule has 0 saturated carbocycles. The Labute approximate surface area is 169 Å². The third-order valence-corrected chi connectivity index (χ3v) is 6.03. The molecular weight excluding hydrogens is 388 g/mol. The molecule has 4 rings (SSSR count). The van der Waals surface area contributed by atoms with Crippen molar-refractivity contribution in [3.05, 3.63) is 77.9 Å². The number of ether oxygens (including phenoxy) is 1. The zero-order chi connectivity index (χ0) is 20.4. The number of carbonyl (C=O) groups excluding carboxylic acids is 1. The van der Waals surface area contributed by atoms with Crippen molar-refractivity contribution in [3.63, 3.8) is 0 Å². The minimum Gasteiger partial charge on any atom is -0.455 e. The van der Waals surface area contributed by atoms with Gasteiger partial charge in [0.25, 0.3) is 10.0 Å². The fourth-order valence-corrected chi connectivity index (χ4v) is 4.22. The lowest BCUT2D eigenvalue weighted by Gasteiger charge is -2.18. The molecular formula is C22H20N2O4S. The Kier molecular flexibility index (Phi) is 4.98. The van der Waals surface area contributed by atoms with Gasteiger partial charge in [0.05, 0.1) is 10.6 Å². The third kappa shape index (κ3) is 4.25. The molecule has 0 spiro atoms. The number of aryl methyl sites for hydroxylation is 2. The first kappa shape index (κ1) is 19.0. The molecule has 0 fully saturated rings. The maximum absolute atomic E-state index is 12.9. The number of sulfonamides is 1. The van der Waals surface area contributed by atoms with Crippen molar-refractivity contribution in [2.75, 3.05) is 10.0 Å². The van der Waals surface area contributed by atoms with Crippen molar-refractivity contribution in [1.82, 2.24) is 0 Å². The van der Waals surface area contributed by atoms with Gasteiger partial charge in [0.2, 0.25) is 5.91 Å². The summed E-state index contributed by atoms with van der Waals surface area (Å²) in [7, 11) is -3.82. The number of amides is 1. The van der Waals surface area contributed by atoms with E-state index in [0.29, 0.717) is 35.7 Å². The van der Waals surface area contributed by atoms with E-state index >= 15 is 0 Å². The number of hydrogen-bond donors (Lipinski definition) is 2. The number of carbonyl (C=O) groups is 1. The van der Waals surface area contributed by atoms with E-state index in [1.165, 1.54) is 6.07 Å². The van der Waals surface area contributed by atoms with E-state index in [0.717, 1.165) is 11.1 Å². The van der Waals surface area contributed by atoms with Crippen LogP contribution in [0.2, 0.25) is 0 Å². The maximum Gasteiger partial charge on any atom is 0.262 e. The number of rotatable bonds is 5. The Morgan fingerprint density at radius 2 is 1.72 bits per heavy atom. The minimum atomic E-state index is -3.82. The molecule has 0 radical (unpaired) electrons. The van der Waals surface area contributed by atoms with Crippen LogP contribution in [0.15, 0.2) is 71.6 Å². The van der Waals surface area contributed by atoms with Crippen LogP contribution in [0.1, 0.15) is 17.5 Å². The lowest BCUT2D eigenvalue weighted by molar-refractivity contribution is -0.116. The molecule has 2 N–H and O–H groups in total. The first-order valence-electron chi connectivity index (χ1n) is 9.20. The van der Waals surface area contributed by atoms with Crippen LogP contribution in [0.5, 0.6) is 11.5 Å². The molecule has 1 aliphatic rings. The molecule has 0 unspecified atom stereocenters. The summed E-state index contributed by atoms with van der Waals surface area (Å²) in [4.78, 5) is 11.6. The van der Waals surface area contributed by atoms with Crippen LogP contribution in [0.3, 0.4) is 0 Å². The molecule has 1 heterocycles. The van der Waals surface area contributed by atoms with Gasteiger partial charge in [-0.15, -0.1) is 0 Å². The van der Waals surface area contributed by atoms with Gasteiger partial charge in [-0.05, 0) is 61.4 Å². The molecule has 3 aromatic carbocycles. The Morgan fingerprint density at radius 3 is 2.52 bits per heavy atom. The van der Waals surface area contributed by atoms with Crippen molar-refractivity contribution in [3.8, 4) is 11.5 Å². The molecule has 7 heteroatoms. The monoisotopic (exact) mass is 408 g/mol. The highest BCUT2D eigenvalue weighted by molar-refractivity contribution is 7.92. The van der Waals surface area contributed by atoms with Gasteiger partial charge in [0, 0.05) is 12.1 Å². The second kappa shape index (κ2) is 7.60. The summed E-state index contributed by atoms with van der Waals surface area (Å²) in [5.41, 5.74) is 2.91. The lowest BCUT2D eigenvalue weighted by atomic mass is 10.0. The highest BCUT2D eigenvalue weighted by atomic mass is 32.2. The van der Waals surface area contributed by atoms with Crippen LogP contribution in [-0.2, 0) is 21.2 Å². The van der Waals surface area contributed by atoms with Crippen LogP contribution in [0, 0.1) is 6.92 Å². The number of fused-ring (bicyclic) bond motifs is 1. The predicted molar refractivity (Wildman–Crippen MR) is 112 cm³/mol.